The van der Waals surface area contributed by atoms with E-state index < -0.39 is 32.5 Å². The van der Waals surface area contributed by atoms with Crippen LogP contribution < -0.4 is 0 Å². The summed E-state index contributed by atoms with van der Waals surface area (Å²) in [7, 11) is -2.88. The van der Waals surface area contributed by atoms with Crippen molar-refractivity contribution in [3.8, 4) is 0 Å². The highest BCUT2D eigenvalue weighted by atomic mass is 35.5. The molecule has 1 atom stereocenters. The number of nitro groups is 1. The number of benzene rings is 1. The monoisotopic (exact) mass is 350 g/mol. The highest BCUT2D eigenvalue weighted by Gasteiger charge is 2.28. The van der Waals surface area contributed by atoms with Gasteiger partial charge in [-0.1, -0.05) is 18.5 Å². The summed E-state index contributed by atoms with van der Waals surface area (Å²) in [4.78, 5) is 20.7. The van der Waals surface area contributed by atoms with Crippen molar-refractivity contribution < 1.29 is 23.2 Å². The van der Waals surface area contributed by atoms with E-state index in [0.29, 0.717) is 0 Å². The maximum Gasteiger partial charge on any atom is 0.307 e. The number of nitrogens with zero attached hydrogens (tertiary/aromatic N) is 2. The minimum absolute atomic E-state index is 0.0486. The third-order valence-electron chi connectivity index (χ3n) is 3.15. The van der Waals surface area contributed by atoms with Gasteiger partial charge in [-0.15, -0.1) is 0 Å². The van der Waals surface area contributed by atoms with Gasteiger partial charge in [0, 0.05) is 25.2 Å². The largest absolute Gasteiger partial charge is 0.481 e. The van der Waals surface area contributed by atoms with Crippen molar-refractivity contribution in [2.45, 2.75) is 18.7 Å². The number of rotatable bonds is 6. The maximum atomic E-state index is 12.4. The summed E-state index contributed by atoms with van der Waals surface area (Å²) in [5.74, 6) is -2.06. The summed E-state index contributed by atoms with van der Waals surface area (Å²) in [6.45, 7) is 2.50. The van der Waals surface area contributed by atoms with E-state index in [2.05, 4.69) is 0 Å². The number of aliphatic carboxylic acids is 1. The highest BCUT2D eigenvalue weighted by molar-refractivity contribution is 7.89. The van der Waals surface area contributed by atoms with Crippen LogP contribution in [0.5, 0.6) is 0 Å². The van der Waals surface area contributed by atoms with Crippen molar-refractivity contribution in [3.63, 3.8) is 0 Å². The van der Waals surface area contributed by atoms with Crippen LogP contribution in [0.2, 0.25) is 5.02 Å². The number of nitro benzene ring substituents is 1. The SMILES string of the molecule is Cc1c(Cl)cc(S(=O)(=O)N(C)CC(C)C(=O)O)cc1[N+](=O)[O-]. The normalized spacial score (nSPS) is 13.1. The number of carbonyl (C=O) groups is 1. The molecular weight excluding hydrogens is 336 g/mol. The molecule has 8 nitrogen and oxygen atoms in total. The molecule has 0 saturated heterocycles. The molecular formula is C12H15ClN2O6S. The summed E-state index contributed by atoms with van der Waals surface area (Å²) in [5, 5.41) is 19.7. The van der Waals surface area contributed by atoms with E-state index in [-0.39, 0.29) is 22.0 Å². The molecule has 22 heavy (non-hydrogen) atoms. The lowest BCUT2D eigenvalue weighted by molar-refractivity contribution is -0.385. The topological polar surface area (TPSA) is 118 Å². The number of sulfonamides is 1. The maximum absolute atomic E-state index is 12.4. The van der Waals surface area contributed by atoms with Crippen molar-refractivity contribution in [1.82, 2.24) is 4.31 Å². The Balaban J connectivity index is 3.29. The average molecular weight is 351 g/mol. The molecule has 1 rings (SSSR count). The molecule has 0 saturated carbocycles. The van der Waals surface area contributed by atoms with E-state index in [0.717, 1.165) is 16.4 Å². The quantitative estimate of drug-likeness (QED) is 0.618. The first kappa shape index (κ1) is 18.3. The van der Waals surface area contributed by atoms with Crippen LogP contribution >= 0.6 is 11.6 Å². The van der Waals surface area contributed by atoms with E-state index in [1.165, 1.54) is 20.9 Å². The molecule has 1 aromatic rings. The zero-order valence-electron chi connectivity index (χ0n) is 12.1. The fraction of sp³-hybridized carbons (Fsp3) is 0.417. The Bertz CT molecular complexity index is 719. The molecule has 0 bridgehead atoms. The lowest BCUT2D eigenvalue weighted by atomic mass is 10.2. The van der Waals surface area contributed by atoms with Gasteiger partial charge in [0.25, 0.3) is 5.69 Å². The average Bonchev–Trinajstić information content (AvgIpc) is 2.40. The summed E-state index contributed by atoms with van der Waals surface area (Å²) in [6, 6.07) is 2.03. The van der Waals surface area contributed by atoms with Gasteiger partial charge in [0.1, 0.15) is 0 Å². The molecule has 0 fully saturated rings. The molecule has 0 amide bonds. The van der Waals surface area contributed by atoms with Crippen LogP contribution in [0, 0.1) is 23.0 Å². The van der Waals surface area contributed by atoms with Crippen molar-refractivity contribution in [2.24, 2.45) is 5.92 Å². The highest BCUT2D eigenvalue weighted by Crippen LogP contribution is 2.30. The number of carboxylic acid groups (broad SMARTS) is 1. The fourth-order valence-corrected chi connectivity index (χ4v) is 3.31. The fourth-order valence-electron chi connectivity index (χ4n) is 1.72. The summed E-state index contributed by atoms with van der Waals surface area (Å²) in [5.41, 5.74) is -0.252. The molecule has 1 aromatic carbocycles. The smallest absolute Gasteiger partial charge is 0.307 e. The van der Waals surface area contributed by atoms with Gasteiger partial charge in [0.15, 0.2) is 0 Å². The van der Waals surface area contributed by atoms with Gasteiger partial charge in [0.05, 0.1) is 20.8 Å². The molecule has 10 heteroatoms. The zero-order chi connectivity index (χ0) is 17.2. The Morgan fingerprint density at radius 3 is 2.50 bits per heavy atom. The molecule has 0 heterocycles. The lowest BCUT2D eigenvalue weighted by Gasteiger charge is -2.19. The molecule has 0 aliphatic heterocycles. The standard InChI is InChI=1S/C12H15ClN2O6S/c1-7(12(16)17)6-14(3)22(20,21)9-4-10(13)8(2)11(5-9)15(18)19/h4-5,7H,6H2,1-3H3,(H,16,17). The van der Waals surface area contributed by atoms with Crippen molar-refractivity contribution in [2.75, 3.05) is 13.6 Å². The first-order valence-electron chi connectivity index (χ1n) is 6.12. The van der Waals surface area contributed by atoms with E-state index in [1.807, 2.05) is 0 Å². The van der Waals surface area contributed by atoms with Crippen LogP contribution in [0.4, 0.5) is 5.69 Å². The van der Waals surface area contributed by atoms with Gasteiger partial charge in [-0.2, -0.15) is 0 Å². The Morgan fingerprint density at radius 2 is 2.05 bits per heavy atom. The third kappa shape index (κ3) is 3.73. The van der Waals surface area contributed by atoms with Gasteiger partial charge < -0.3 is 5.11 Å². The minimum atomic E-state index is -4.08. The van der Waals surface area contributed by atoms with Gasteiger partial charge in [0.2, 0.25) is 10.0 Å². The molecule has 1 unspecified atom stereocenters. The van der Waals surface area contributed by atoms with Crippen LogP contribution in [0.3, 0.4) is 0 Å². The lowest BCUT2D eigenvalue weighted by Crippen LogP contribution is -2.33. The van der Waals surface area contributed by atoms with Gasteiger partial charge >= 0.3 is 5.97 Å². The van der Waals surface area contributed by atoms with E-state index in [9.17, 15) is 23.3 Å². The Morgan fingerprint density at radius 1 is 1.50 bits per heavy atom. The van der Waals surface area contributed by atoms with Crippen LogP contribution in [0.15, 0.2) is 17.0 Å². The first-order chi connectivity index (χ1) is 9.98. The number of halogens is 1. The molecule has 0 aliphatic rings. The van der Waals surface area contributed by atoms with Crippen LogP contribution in [0.25, 0.3) is 0 Å². The second-order valence-electron chi connectivity index (χ2n) is 4.83. The van der Waals surface area contributed by atoms with Crippen LogP contribution in [-0.2, 0) is 14.8 Å². The summed E-state index contributed by atoms with van der Waals surface area (Å²) >= 11 is 5.85. The van der Waals surface area contributed by atoms with Crippen molar-refractivity contribution in [3.05, 3.63) is 32.8 Å². The second-order valence-corrected chi connectivity index (χ2v) is 7.28. The minimum Gasteiger partial charge on any atom is -0.481 e. The van der Waals surface area contributed by atoms with E-state index in [4.69, 9.17) is 16.7 Å². The Kier molecular flexibility index (Phi) is 5.49. The zero-order valence-corrected chi connectivity index (χ0v) is 13.7. The summed E-state index contributed by atoms with van der Waals surface area (Å²) < 4.78 is 25.6. The van der Waals surface area contributed by atoms with Gasteiger partial charge in [-0.3, -0.25) is 14.9 Å². The number of carboxylic acids is 1. The number of hydrogen-bond acceptors (Lipinski definition) is 5. The predicted octanol–water partition coefficient (Wildman–Crippen LogP) is 1.90. The molecule has 1 N–H and O–H groups in total. The first-order valence-corrected chi connectivity index (χ1v) is 7.94. The van der Waals surface area contributed by atoms with Crippen LogP contribution in [-0.4, -0.2) is 42.3 Å². The second kappa shape index (κ2) is 6.59. The van der Waals surface area contributed by atoms with Crippen molar-refractivity contribution in [1.29, 1.82) is 0 Å². The van der Waals surface area contributed by atoms with Gasteiger partial charge in [-0.25, -0.2) is 12.7 Å². The number of hydrogen-bond donors (Lipinski definition) is 1. The third-order valence-corrected chi connectivity index (χ3v) is 5.34. The van der Waals surface area contributed by atoms with E-state index in [1.54, 1.807) is 0 Å². The van der Waals surface area contributed by atoms with E-state index >= 15 is 0 Å². The Hall–Kier alpha value is -1.71. The van der Waals surface area contributed by atoms with Crippen molar-refractivity contribution >= 4 is 33.3 Å². The molecule has 0 spiro atoms. The van der Waals surface area contributed by atoms with Crippen LogP contribution in [0.1, 0.15) is 12.5 Å². The predicted molar refractivity (Wildman–Crippen MR) is 79.5 cm³/mol. The molecule has 0 aromatic heterocycles. The molecule has 122 valence electrons. The Labute approximate surface area is 132 Å². The summed E-state index contributed by atoms with van der Waals surface area (Å²) in [6.07, 6.45) is 0. The molecule has 0 radical (unpaired) electrons. The molecule has 0 aliphatic carbocycles. The van der Waals surface area contributed by atoms with Gasteiger partial charge in [-0.05, 0) is 13.0 Å².